The molecule has 0 aliphatic rings. The molecule has 0 amide bonds. The van der Waals surface area contributed by atoms with Gasteiger partial charge in [0.2, 0.25) is 0 Å². The van der Waals surface area contributed by atoms with E-state index in [1.807, 2.05) is 0 Å². The van der Waals surface area contributed by atoms with Crippen molar-refractivity contribution in [2.24, 2.45) is 0 Å². The lowest BCUT2D eigenvalue weighted by Crippen LogP contribution is -2.04. The molecule has 82 valence electrons. The van der Waals surface area contributed by atoms with Gasteiger partial charge in [-0.25, -0.2) is 0 Å². The molecule has 0 saturated carbocycles. The topological polar surface area (TPSA) is 52.6 Å². The molecule has 0 aromatic heterocycles. The molecule has 1 aromatic rings. The lowest BCUT2D eigenvalue weighted by Gasteiger charge is -2.11. The summed E-state index contributed by atoms with van der Waals surface area (Å²) in [6.45, 7) is 0. The molecule has 0 atom stereocenters. The van der Waals surface area contributed by atoms with E-state index in [0.717, 1.165) is 14.2 Å². The Kier molecular flexibility index (Phi) is 4.05. The van der Waals surface area contributed by atoms with Gasteiger partial charge in [0.15, 0.2) is 0 Å². The minimum atomic E-state index is -3.71. The first-order chi connectivity index (χ1) is 7.03. The largest absolute Gasteiger partial charge is 0.401 e. The quantitative estimate of drug-likeness (QED) is 0.769. The summed E-state index contributed by atoms with van der Waals surface area (Å²) in [5.74, 6) is 0. The molecule has 0 saturated heterocycles. The van der Waals surface area contributed by atoms with Crippen molar-refractivity contribution in [3.63, 3.8) is 0 Å². The summed E-state index contributed by atoms with van der Waals surface area (Å²) in [7, 11) is -1.39. The fourth-order valence-electron chi connectivity index (χ4n) is 1.02. The van der Waals surface area contributed by atoms with Crippen molar-refractivity contribution in [3.8, 4) is 0 Å². The highest BCUT2D eigenvalue weighted by molar-refractivity contribution is 7.72. The van der Waals surface area contributed by atoms with E-state index in [1.165, 1.54) is 12.1 Å². The van der Waals surface area contributed by atoms with Gasteiger partial charge < -0.3 is 9.05 Å². The molecule has 0 fully saturated rings. The Labute approximate surface area is 92.7 Å². The van der Waals surface area contributed by atoms with Gasteiger partial charge in [-0.1, -0.05) is 23.7 Å². The molecule has 0 radical (unpaired) electrons. The molecule has 0 heterocycles. The molecular formula is C9H10ClO4P. The van der Waals surface area contributed by atoms with Crippen molar-refractivity contribution < 1.29 is 18.4 Å². The maximum Gasteiger partial charge on any atom is 0.401 e. The lowest BCUT2D eigenvalue weighted by molar-refractivity contribution is 0.102. The first-order valence-electron chi connectivity index (χ1n) is 4.05. The molecule has 1 aromatic carbocycles. The van der Waals surface area contributed by atoms with Crippen molar-refractivity contribution in [2.45, 2.75) is 0 Å². The van der Waals surface area contributed by atoms with Crippen LogP contribution in [-0.2, 0) is 13.6 Å². The fourth-order valence-corrected chi connectivity index (χ4v) is 2.15. The van der Waals surface area contributed by atoms with Crippen LogP contribution in [0.5, 0.6) is 0 Å². The van der Waals surface area contributed by atoms with Gasteiger partial charge in [0, 0.05) is 24.8 Å². The number of carbonyl (C=O) groups excluding carboxylic acids is 1. The number of hydrogen-bond donors (Lipinski definition) is 0. The van der Waals surface area contributed by atoms with E-state index in [-0.39, 0.29) is 5.56 Å². The van der Waals surface area contributed by atoms with Crippen molar-refractivity contribution in [2.75, 3.05) is 14.2 Å². The van der Waals surface area contributed by atoms with Crippen molar-refractivity contribution in [1.82, 2.24) is 0 Å². The Morgan fingerprint density at radius 2 is 1.93 bits per heavy atom. The summed E-state index contributed by atoms with van der Waals surface area (Å²) < 4.78 is 20.9. The smallest absolute Gasteiger partial charge is 0.306 e. The van der Waals surface area contributed by atoms with E-state index in [9.17, 15) is 9.36 Å². The Morgan fingerprint density at radius 1 is 1.33 bits per heavy atom. The van der Waals surface area contributed by atoms with Crippen molar-refractivity contribution in [3.05, 3.63) is 34.9 Å². The zero-order chi connectivity index (χ0) is 11.5. The van der Waals surface area contributed by atoms with Gasteiger partial charge in [-0.2, -0.15) is 0 Å². The predicted molar refractivity (Wildman–Crippen MR) is 57.4 cm³/mol. The van der Waals surface area contributed by atoms with Gasteiger partial charge in [-0.3, -0.25) is 9.36 Å². The average Bonchev–Trinajstić information content (AvgIpc) is 2.27. The molecule has 15 heavy (non-hydrogen) atoms. The second kappa shape index (κ2) is 4.90. The van der Waals surface area contributed by atoms with Gasteiger partial charge >= 0.3 is 7.60 Å². The third-order valence-electron chi connectivity index (χ3n) is 1.80. The third-order valence-corrected chi connectivity index (χ3v) is 3.75. The molecule has 1 rings (SSSR count). The van der Waals surface area contributed by atoms with Crippen LogP contribution in [0.15, 0.2) is 24.3 Å². The SMILES string of the molecule is COP(=O)(OC)C(=O)c1cccc(Cl)c1. The van der Waals surface area contributed by atoms with Crippen LogP contribution in [0.25, 0.3) is 0 Å². The summed E-state index contributed by atoms with van der Waals surface area (Å²) in [5.41, 5.74) is -0.496. The highest BCUT2D eigenvalue weighted by Gasteiger charge is 2.33. The number of carbonyl (C=O) groups is 1. The van der Waals surface area contributed by atoms with Crippen LogP contribution >= 0.6 is 19.2 Å². The Bertz CT molecular complexity index is 410. The molecule has 4 nitrogen and oxygen atoms in total. The van der Waals surface area contributed by atoms with E-state index >= 15 is 0 Å². The number of halogens is 1. The van der Waals surface area contributed by atoms with Gasteiger partial charge in [0.25, 0.3) is 5.52 Å². The molecule has 6 heteroatoms. The minimum Gasteiger partial charge on any atom is -0.306 e. The van der Waals surface area contributed by atoms with E-state index in [2.05, 4.69) is 9.05 Å². The van der Waals surface area contributed by atoms with E-state index < -0.39 is 13.1 Å². The third kappa shape index (κ3) is 2.67. The van der Waals surface area contributed by atoms with Crippen LogP contribution in [0.2, 0.25) is 5.02 Å². The number of hydrogen-bond acceptors (Lipinski definition) is 4. The van der Waals surface area contributed by atoms with Crippen LogP contribution in [0.1, 0.15) is 10.4 Å². The summed E-state index contributed by atoms with van der Waals surface area (Å²) in [6, 6.07) is 6.11. The van der Waals surface area contributed by atoms with Crippen molar-refractivity contribution >= 4 is 24.7 Å². The van der Waals surface area contributed by atoms with Crippen molar-refractivity contribution in [1.29, 1.82) is 0 Å². The maximum absolute atomic E-state index is 11.7. The standard InChI is InChI=1S/C9H10ClO4P/c1-13-15(12,14-2)9(11)7-4-3-5-8(10)6-7/h3-6H,1-2H3. The average molecular weight is 249 g/mol. The zero-order valence-corrected chi connectivity index (χ0v) is 9.92. The number of benzene rings is 1. The Hall–Kier alpha value is -0.670. The molecular weight excluding hydrogens is 239 g/mol. The minimum absolute atomic E-state index is 0.203. The van der Waals surface area contributed by atoms with Gasteiger partial charge in [0.1, 0.15) is 0 Å². The highest BCUT2D eigenvalue weighted by atomic mass is 35.5. The second-order valence-corrected chi connectivity index (χ2v) is 5.25. The molecule has 0 aliphatic heterocycles. The van der Waals surface area contributed by atoms with Gasteiger partial charge in [0.05, 0.1) is 0 Å². The van der Waals surface area contributed by atoms with Gasteiger partial charge in [-0.15, -0.1) is 0 Å². The maximum atomic E-state index is 11.7. The Morgan fingerprint density at radius 3 is 2.40 bits per heavy atom. The zero-order valence-electron chi connectivity index (χ0n) is 8.27. The first kappa shape index (κ1) is 12.4. The molecule has 0 aliphatic carbocycles. The van der Waals surface area contributed by atoms with Crippen LogP contribution in [-0.4, -0.2) is 19.7 Å². The van der Waals surface area contributed by atoms with Gasteiger partial charge in [-0.05, 0) is 12.1 Å². The molecule has 0 N–H and O–H groups in total. The van der Waals surface area contributed by atoms with Crippen LogP contribution in [0.3, 0.4) is 0 Å². The van der Waals surface area contributed by atoms with Crippen LogP contribution in [0, 0.1) is 0 Å². The van der Waals surface area contributed by atoms with E-state index in [0.29, 0.717) is 5.02 Å². The van der Waals surface area contributed by atoms with Crippen LogP contribution < -0.4 is 0 Å². The molecule has 0 unspecified atom stereocenters. The second-order valence-electron chi connectivity index (χ2n) is 2.68. The highest BCUT2D eigenvalue weighted by Crippen LogP contribution is 2.49. The molecule has 0 bridgehead atoms. The number of rotatable bonds is 4. The molecule has 0 spiro atoms. The Balaban J connectivity index is 3.09. The summed E-state index contributed by atoms with van der Waals surface area (Å²) >= 11 is 5.70. The van der Waals surface area contributed by atoms with E-state index in [1.54, 1.807) is 12.1 Å². The summed E-state index contributed by atoms with van der Waals surface area (Å²) in [4.78, 5) is 11.7. The fraction of sp³-hybridized carbons (Fsp3) is 0.222. The van der Waals surface area contributed by atoms with Crippen LogP contribution in [0.4, 0.5) is 0 Å². The first-order valence-corrected chi connectivity index (χ1v) is 5.97. The monoisotopic (exact) mass is 248 g/mol. The lowest BCUT2D eigenvalue weighted by atomic mass is 10.2. The van der Waals surface area contributed by atoms with E-state index in [4.69, 9.17) is 11.6 Å². The summed E-state index contributed by atoms with van der Waals surface area (Å²) in [5, 5.41) is 0.389. The normalized spacial score (nSPS) is 11.4. The predicted octanol–water partition coefficient (Wildman–Crippen LogP) is 2.97. The summed E-state index contributed by atoms with van der Waals surface area (Å²) in [6.07, 6.45) is 0.